The molecule has 1 heterocycles. The molecule has 2 fully saturated rings. The largest absolute Gasteiger partial charge is 0.377 e. The van der Waals surface area contributed by atoms with E-state index < -0.39 is 0 Å². The van der Waals surface area contributed by atoms with Gasteiger partial charge in [0.1, 0.15) is 0 Å². The first kappa shape index (κ1) is 14.7. The standard InChI is InChI=1S/C15H29NOS/c1-3-9-16-12-15(8-11-18-4-2)7-10-17-14(15)13-5-6-13/h13-14,16H,3-12H2,1-2H3. The highest BCUT2D eigenvalue weighted by Crippen LogP contribution is 2.49. The summed E-state index contributed by atoms with van der Waals surface area (Å²) in [6.45, 7) is 7.82. The fraction of sp³-hybridized carbons (Fsp3) is 1.00. The summed E-state index contributed by atoms with van der Waals surface area (Å²) in [6.07, 6.45) is 7.20. The van der Waals surface area contributed by atoms with Crippen LogP contribution in [0.25, 0.3) is 0 Å². The van der Waals surface area contributed by atoms with Crippen molar-refractivity contribution in [3.05, 3.63) is 0 Å². The third kappa shape index (κ3) is 3.64. The van der Waals surface area contributed by atoms with E-state index in [9.17, 15) is 0 Å². The third-order valence-corrected chi connectivity index (χ3v) is 5.30. The van der Waals surface area contributed by atoms with Gasteiger partial charge in [0.15, 0.2) is 0 Å². The Kier molecular flexibility index (Phi) is 5.84. The van der Waals surface area contributed by atoms with E-state index in [1.807, 2.05) is 0 Å². The molecular formula is C15H29NOS. The quantitative estimate of drug-likeness (QED) is 0.650. The van der Waals surface area contributed by atoms with Crippen LogP contribution in [0, 0.1) is 11.3 Å². The summed E-state index contributed by atoms with van der Waals surface area (Å²) in [5.41, 5.74) is 0.443. The molecule has 1 saturated carbocycles. The average molecular weight is 271 g/mol. The maximum Gasteiger partial charge on any atom is 0.0672 e. The van der Waals surface area contributed by atoms with E-state index in [1.165, 1.54) is 50.2 Å². The zero-order chi connectivity index (χ0) is 12.8. The van der Waals surface area contributed by atoms with Crippen molar-refractivity contribution in [1.29, 1.82) is 0 Å². The Labute approximate surface area is 117 Å². The van der Waals surface area contributed by atoms with Crippen LogP contribution >= 0.6 is 11.8 Å². The van der Waals surface area contributed by atoms with Gasteiger partial charge in [0, 0.05) is 18.6 Å². The van der Waals surface area contributed by atoms with Crippen molar-refractivity contribution in [3.8, 4) is 0 Å². The summed E-state index contributed by atoms with van der Waals surface area (Å²) in [5, 5.41) is 3.67. The molecule has 0 aromatic carbocycles. The molecule has 1 aliphatic carbocycles. The van der Waals surface area contributed by atoms with Gasteiger partial charge in [0.25, 0.3) is 0 Å². The van der Waals surface area contributed by atoms with Crippen molar-refractivity contribution in [2.75, 3.05) is 31.2 Å². The molecule has 2 unspecified atom stereocenters. The van der Waals surface area contributed by atoms with Gasteiger partial charge < -0.3 is 10.1 Å². The lowest BCUT2D eigenvalue weighted by Gasteiger charge is -2.35. The first-order chi connectivity index (χ1) is 8.82. The maximum absolute atomic E-state index is 6.10. The Morgan fingerprint density at radius 3 is 2.83 bits per heavy atom. The second-order valence-electron chi connectivity index (χ2n) is 5.86. The minimum absolute atomic E-state index is 0.443. The molecule has 2 aliphatic rings. The van der Waals surface area contributed by atoms with E-state index in [0.29, 0.717) is 11.5 Å². The van der Waals surface area contributed by atoms with Crippen LogP contribution in [0.4, 0.5) is 0 Å². The van der Waals surface area contributed by atoms with Crippen molar-refractivity contribution < 1.29 is 4.74 Å². The van der Waals surface area contributed by atoms with Crippen LogP contribution in [-0.4, -0.2) is 37.3 Å². The number of ether oxygens (including phenoxy) is 1. The first-order valence-corrected chi connectivity index (χ1v) is 8.88. The zero-order valence-electron chi connectivity index (χ0n) is 12.0. The molecule has 0 radical (unpaired) electrons. The first-order valence-electron chi connectivity index (χ1n) is 7.72. The van der Waals surface area contributed by atoms with Crippen molar-refractivity contribution in [1.82, 2.24) is 5.32 Å². The molecular weight excluding hydrogens is 242 g/mol. The van der Waals surface area contributed by atoms with Gasteiger partial charge in [0.2, 0.25) is 0 Å². The summed E-state index contributed by atoms with van der Waals surface area (Å²) < 4.78 is 6.10. The maximum atomic E-state index is 6.10. The summed E-state index contributed by atoms with van der Waals surface area (Å²) in [6, 6.07) is 0. The number of hydrogen-bond acceptors (Lipinski definition) is 3. The Morgan fingerprint density at radius 1 is 1.33 bits per heavy atom. The fourth-order valence-corrected chi connectivity index (χ4v) is 4.06. The molecule has 0 amide bonds. The van der Waals surface area contributed by atoms with Crippen LogP contribution in [0.5, 0.6) is 0 Å². The second-order valence-corrected chi connectivity index (χ2v) is 7.26. The van der Waals surface area contributed by atoms with E-state index in [0.717, 1.165) is 19.1 Å². The smallest absolute Gasteiger partial charge is 0.0672 e. The third-order valence-electron chi connectivity index (χ3n) is 4.40. The molecule has 18 heavy (non-hydrogen) atoms. The van der Waals surface area contributed by atoms with Gasteiger partial charge in [-0.3, -0.25) is 0 Å². The van der Waals surface area contributed by atoms with Crippen LogP contribution in [0.15, 0.2) is 0 Å². The molecule has 1 N–H and O–H groups in total. The minimum atomic E-state index is 0.443. The van der Waals surface area contributed by atoms with Gasteiger partial charge in [-0.2, -0.15) is 11.8 Å². The summed E-state index contributed by atoms with van der Waals surface area (Å²) >= 11 is 2.08. The van der Waals surface area contributed by atoms with Crippen molar-refractivity contribution in [2.45, 2.75) is 52.1 Å². The van der Waals surface area contributed by atoms with E-state index in [4.69, 9.17) is 4.74 Å². The number of hydrogen-bond donors (Lipinski definition) is 1. The minimum Gasteiger partial charge on any atom is -0.377 e. The molecule has 0 bridgehead atoms. The van der Waals surface area contributed by atoms with E-state index in [1.54, 1.807) is 0 Å². The van der Waals surface area contributed by atoms with Gasteiger partial charge in [-0.25, -0.2) is 0 Å². The van der Waals surface area contributed by atoms with Crippen LogP contribution < -0.4 is 5.32 Å². The Morgan fingerprint density at radius 2 is 2.17 bits per heavy atom. The lowest BCUT2D eigenvalue weighted by molar-refractivity contribution is 0.0294. The monoisotopic (exact) mass is 271 g/mol. The average Bonchev–Trinajstić information content (AvgIpc) is 3.13. The lowest BCUT2D eigenvalue weighted by Crippen LogP contribution is -2.42. The summed E-state index contributed by atoms with van der Waals surface area (Å²) in [7, 11) is 0. The molecule has 2 rings (SSSR count). The van der Waals surface area contributed by atoms with E-state index in [2.05, 4.69) is 30.9 Å². The molecule has 0 aromatic rings. The predicted molar refractivity (Wildman–Crippen MR) is 80.3 cm³/mol. The van der Waals surface area contributed by atoms with Crippen LogP contribution in [-0.2, 0) is 4.74 Å². The Hall–Kier alpha value is 0.270. The van der Waals surface area contributed by atoms with Gasteiger partial charge in [-0.1, -0.05) is 13.8 Å². The molecule has 0 spiro atoms. The molecule has 106 valence electrons. The Balaban J connectivity index is 1.91. The predicted octanol–water partition coefficient (Wildman–Crippen LogP) is 3.31. The SMILES string of the molecule is CCCNCC1(CCSCC)CCOC1C1CC1. The van der Waals surface area contributed by atoms with Gasteiger partial charge in [-0.15, -0.1) is 0 Å². The summed E-state index contributed by atoms with van der Waals surface area (Å²) in [4.78, 5) is 0. The van der Waals surface area contributed by atoms with E-state index >= 15 is 0 Å². The molecule has 3 heteroatoms. The Bertz CT molecular complexity index is 233. The number of rotatable bonds is 9. The lowest BCUT2D eigenvalue weighted by atomic mass is 9.76. The fourth-order valence-electron chi connectivity index (χ4n) is 3.22. The van der Waals surface area contributed by atoms with Gasteiger partial charge >= 0.3 is 0 Å². The molecule has 0 aromatic heterocycles. The highest BCUT2D eigenvalue weighted by molar-refractivity contribution is 7.99. The zero-order valence-corrected chi connectivity index (χ0v) is 12.9. The van der Waals surface area contributed by atoms with Crippen LogP contribution in [0.1, 0.15) is 46.0 Å². The van der Waals surface area contributed by atoms with Gasteiger partial charge in [0.05, 0.1) is 6.10 Å². The van der Waals surface area contributed by atoms with Crippen LogP contribution in [0.3, 0.4) is 0 Å². The molecule has 2 nitrogen and oxygen atoms in total. The highest BCUT2D eigenvalue weighted by atomic mass is 32.2. The number of thioether (sulfide) groups is 1. The highest BCUT2D eigenvalue weighted by Gasteiger charge is 2.50. The van der Waals surface area contributed by atoms with Crippen molar-refractivity contribution >= 4 is 11.8 Å². The number of nitrogens with one attached hydrogen (secondary N) is 1. The van der Waals surface area contributed by atoms with Crippen molar-refractivity contribution in [2.24, 2.45) is 11.3 Å². The molecule has 1 saturated heterocycles. The topological polar surface area (TPSA) is 21.3 Å². The second kappa shape index (κ2) is 7.16. The molecule has 2 atom stereocenters. The normalized spacial score (nSPS) is 32.0. The van der Waals surface area contributed by atoms with Gasteiger partial charge in [-0.05, 0) is 56.1 Å². The van der Waals surface area contributed by atoms with Crippen LogP contribution in [0.2, 0.25) is 0 Å². The summed E-state index contributed by atoms with van der Waals surface area (Å²) in [5.74, 6) is 3.42. The van der Waals surface area contributed by atoms with E-state index in [-0.39, 0.29) is 0 Å². The van der Waals surface area contributed by atoms with Crippen molar-refractivity contribution in [3.63, 3.8) is 0 Å². The molecule has 1 aliphatic heterocycles.